The van der Waals surface area contributed by atoms with Crippen LogP contribution in [0.25, 0.3) is 0 Å². The summed E-state index contributed by atoms with van der Waals surface area (Å²) in [7, 11) is -1.76. The van der Waals surface area contributed by atoms with Gasteiger partial charge in [0.25, 0.3) is 0 Å². The number of sulfonamides is 1. The Balaban J connectivity index is 2.62. The quantitative estimate of drug-likeness (QED) is 0.683. The molecule has 1 heterocycles. The number of piperidine rings is 1. The Hall–Kier alpha value is -0.660. The predicted molar refractivity (Wildman–Crippen MR) is 64.1 cm³/mol. The van der Waals surface area contributed by atoms with E-state index in [9.17, 15) is 13.2 Å². The first kappa shape index (κ1) is 14.4. The van der Waals surface area contributed by atoms with Crippen LogP contribution >= 0.6 is 0 Å². The lowest BCUT2D eigenvalue weighted by molar-refractivity contribution is -0.125. The van der Waals surface area contributed by atoms with Crippen molar-refractivity contribution < 1.29 is 17.9 Å². The van der Waals surface area contributed by atoms with Crippen LogP contribution in [-0.4, -0.2) is 57.7 Å². The molecule has 7 heteroatoms. The summed E-state index contributed by atoms with van der Waals surface area (Å²) in [6.07, 6.45) is 3.43. The molecule has 17 heavy (non-hydrogen) atoms. The average Bonchev–Trinajstić information content (AvgIpc) is 2.28. The van der Waals surface area contributed by atoms with E-state index in [0.29, 0.717) is 26.1 Å². The molecule has 1 rings (SSSR count). The molecule has 1 aliphatic rings. The first-order chi connectivity index (χ1) is 7.96. The van der Waals surface area contributed by atoms with Gasteiger partial charge in [0, 0.05) is 20.2 Å². The Morgan fingerprint density at radius 3 is 2.76 bits per heavy atom. The van der Waals surface area contributed by atoms with Gasteiger partial charge in [0.05, 0.1) is 12.9 Å². The average molecular weight is 264 g/mol. The standard InChI is InChI=1S/C10H20N2O4S/c1-16-8-6-11-10(13)9-5-3-4-7-12(9)17(2,14)15/h9H,3-8H2,1-2H3,(H,11,13)/t9-/m0/s1. The largest absolute Gasteiger partial charge is 0.383 e. The number of nitrogens with zero attached hydrogens (tertiary/aromatic N) is 1. The molecule has 0 aromatic carbocycles. The van der Waals surface area contributed by atoms with Crippen LogP contribution in [-0.2, 0) is 19.6 Å². The van der Waals surface area contributed by atoms with E-state index in [0.717, 1.165) is 19.1 Å². The maximum absolute atomic E-state index is 11.9. The summed E-state index contributed by atoms with van der Waals surface area (Å²) in [5.74, 6) is -0.229. The molecule has 1 atom stereocenters. The third kappa shape index (κ3) is 4.25. The predicted octanol–water partition coefficient (Wildman–Crippen LogP) is -0.437. The van der Waals surface area contributed by atoms with Crippen molar-refractivity contribution in [3.05, 3.63) is 0 Å². The van der Waals surface area contributed by atoms with Gasteiger partial charge in [-0.1, -0.05) is 6.42 Å². The van der Waals surface area contributed by atoms with E-state index in [1.165, 1.54) is 4.31 Å². The fourth-order valence-corrected chi connectivity index (χ4v) is 3.08. The van der Waals surface area contributed by atoms with Crippen molar-refractivity contribution in [1.82, 2.24) is 9.62 Å². The van der Waals surface area contributed by atoms with Crippen molar-refractivity contribution in [3.8, 4) is 0 Å². The highest BCUT2D eigenvalue weighted by atomic mass is 32.2. The zero-order chi connectivity index (χ0) is 12.9. The normalized spacial score (nSPS) is 22.4. The lowest BCUT2D eigenvalue weighted by Crippen LogP contribution is -2.51. The van der Waals surface area contributed by atoms with Crippen molar-refractivity contribution in [2.24, 2.45) is 0 Å². The number of methoxy groups -OCH3 is 1. The maximum Gasteiger partial charge on any atom is 0.238 e. The fourth-order valence-electron chi connectivity index (χ4n) is 1.96. The zero-order valence-electron chi connectivity index (χ0n) is 10.3. The molecule has 0 unspecified atom stereocenters. The van der Waals surface area contributed by atoms with E-state index in [2.05, 4.69) is 5.32 Å². The SMILES string of the molecule is COCCNC(=O)[C@@H]1CCCCN1S(C)(=O)=O. The van der Waals surface area contributed by atoms with Gasteiger partial charge in [0.2, 0.25) is 15.9 Å². The lowest BCUT2D eigenvalue weighted by atomic mass is 10.0. The molecule has 0 aliphatic carbocycles. The number of amides is 1. The molecule has 1 aliphatic heterocycles. The number of rotatable bonds is 5. The number of ether oxygens (including phenoxy) is 1. The molecule has 1 amide bonds. The molecule has 0 saturated carbocycles. The fraction of sp³-hybridized carbons (Fsp3) is 0.900. The number of carbonyl (C=O) groups is 1. The molecule has 0 radical (unpaired) electrons. The molecular formula is C10H20N2O4S. The minimum atomic E-state index is -3.31. The molecular weight excluding hydrogens is 244 g/mol. The second-order valence-electron chi connectivity index (χ2n) is 4.17. The van der Waals surface area contributed by atoms with Gasteiger partial charge in [0.15, 0.2) is 0 Å². The summed E-state index contributed by atoms with van der Waals surface area (Å²) in [5, 5.41) is 2.69. The van der Waals surface area contributed by atoms with Gasteiger partial charge in [0.1, 0.15) is 6.04 Å². The molecule has 0 bridgehead atoms. The Kier molecular flexibility index (Phi) is 5.35. The van der Waals surface area contributed by atoms with Crippen LogP contribution in [0.2, 0.25) is 0 Å². The molecule has 100 valence electrons. The smallest absolute Gasteiger partial charge is 0.238 e. The van der Waals surface area contributed by atoms with Crippen molar-refractivity contribution >= 4 is 15.9 Å². The van der Waals surface area contributed by atoms with Crippen LogP contribution in [0.15, 0.2) is 0 Å². The van der Waals surface area contributed by atoms with Crippen LogP contribution in [0.1, 0.15) is 19.3 Å². The summed E-state index contributed by atoms with van der Waals surface area (Å²) < 4.78 is 29.2. The van der Waals surface area contributed by atoms with Gasteiger partial charge in [-0.3, -0.25) is 4.79 Å². The third-order valence-electron chi connectivity index (χ3n) is 2.79. The van der Waals surface area contributed by atoms with Crippen molar-refractivity contribution in [2.75, 3.05) is 33.1 Å². The Labute approximate surface area is 102 Å². The summed E-state index contributed by atoms with van der Waals surface area (Å²) in [6, 6.07) is -0.560. The third-order valence-corrected chi connectivity index (χ3v) is 4.08. The minimum absolute atomic E-state index is 0.229. The van der Waals surface area contributed by atoms with Crippen LogP contribution in [0.3, 0.4) is 0 Å². The van der Waals surface area contributed by atoms with Gasteiger partial charge < -0.3 is 10.1 Å². The van der Waals surface area contributed by atoms with Crippen molar-refractivity contribution in [1.29, 1.82) is 0 Å². The summed E-state index contributed by atoms with van der Waals surface area (Å²) in [4.78, 5) is 11.9. The maximum atomic E-state index is 11.9. The van der Waals surface area contributed by atoms with Gasteiger partial charge in [-0.2, -0.15) is 4.31 Å². The first-order valence-electron chi connectivity index (χ1n) is 5.70. The monoisotopic (exact) mass is 264 g/mol. The second-order valence-corrected chi connectivity index (χ2v) is 6.10. The summed E-state index contributed by atoms with van der Waals surface area (Å²) in [5.41, 5.74) is 0. The topological polar surface area (TPSA) is 75.7 Å². The van der Waals surface area contributed by atoms with Crippen molar-refractivity contribution in [2.45, 2.75) is 25.3 Å². The van der Waals surface area contributed by atoms with E-state index in [1.807, 2.05) is 0 Å². The lowest BCUT2D eigenvalue weighted by Gasteiger charge is -2.32. The number of nitrogens with one attached hydrogen (secondary N) is 1. The molecule has 1 N–H and O–H groups in total. The van der Waals surface area contributed by atoms with Gasteiger partial charge >= 0.3 is 0 Å². The number of carbonyl (C=O) groups excluding carboxylic acids is 1. The summed E-state index contributed by atoms with van der Waals surface area (Å²) in [6.45, 7) is 1.27. The Morgan fingerprint density at radius 2 is 2.18 bits per heavy atom. The summed E-state index contributed by atoms with van der Waals surface area (Å²) >= 11 is 0. The van der Waals surface area contributed by atoms with Crippen LogP contribution < -0.4 is 5.32 Å². The van der Waals surface area contributed by atoms with E-state index in [4.69, 9.17) is 4.74 Å². The minimum Gasteiger partial charge on any atom is -0.383 e. The first-order valence-corrected chi connectivity index (χ1v) is 7.55. The molecule has 1 fully saturated rings. The van der Waals surface area contributed by atoms with Crippen LogP contribution in [0.4, 0.5) is 0 Å². The van der Waals surface area contributed by atoms with E-state index in [-0.39, 0.29) is 5.91 Å². The van der Waals surface area contributed by atoms with Crippen LogP contribution in [0, 0.1) is 0 Å². The Morgan fingerprint density at radius 1 is 1.47 bits per heavy atom. The Bertz CT molecular complexity index is 355. The van der Waals surface area contributed by atoms with E-state index < -0.39 is 16.1 Å². The van der Waals surface area contributed by atoms with E-state index >= 15 is 0 Å². The zero-order valence-corrected chi connectivity index (χ0v) is 11.1. The highest BCUT2D eigenvalue weighted by Crippen LogP contribution is 2.19. The molecule has 1 saturated heterocycles. The molecule has 0 spiro atoms. The van der Waals surface area contributed by atoms with Gasteiger partial charge in [-0.05, 0) is 12.8 Å². The van der Waals surface area contributed by atoms with Crippen molar-refractivity contribution in [3.63, 3.8) is 0 Å². The van der Waals surface area contributed by atoms with E-state index in [1.54, 1.807) is 7.11 Å². The number of hydrogen-bond acceptors (Lipinski definition) is 4. The molecule has 0 aromatic heterocycles. The molecule has 0 aromatic rings. The van der Waals surface area contributed by atoms with Gasteiger partial charge in [-0.15, -0.1) is 0 Å². The second kappa shape index (κ2) is 6.32. The molecule has 6 nitrogen and oxygen atoms in total. The van der Waals surface area contributed by atoms with Crippen LogP contribution in [0.5, 0.6) is 0 Å². The number of hydrogen-bond donors (Lipinski definition) is 1. The highest BCUT2D eigenvalue weighted by molar-refractivity contribution is 7.88. The highest BCUT2D eigenvalue weighted by Gasteiger charge is 2.33. The van der Waals surface area contributed by atoms with Gasteiger partial charge in [-0.25, -0.2) is 8.42 Å².